The van der Waals surface area contributed by atoms with Gasteiger partial charge in [0, 0.05) is 25.0 Å². The number of amides is 1. The van der Waals surface area contributed by atoms with Gasteiger partial charge in [-0.15, -0.1) is 0 Å². The molecule has 0 radical (unpaired) electrons. The number of fused-ring (bicyclic) bond motifs is 1. The van der Waals surface area contributed by atoms with Crippen molar-refractivity contribution in [3.8, 4) is 0 Å². The third-order valence-electron chi connectivity index (χ3n) is 4.02. The molecule has 24 heavy (non-hydrogen) atoms. The molecule has 0 spiro atoms. The van der Waals surface area contributed by atoms with Crippen molar-refractivity contribution in [1.29, 1.82) is 0 Å². The van der Waals surface area contributed by atoms with E-state index in [-0.39, 0.29) is 23.8 Å². The zero-order valence-corrected chi connectivity index (χ0v) is 15.2. The van der Waals surface area contributed by atoms with Gasteiger partial charge in [-0.2, -0.15) is 0 Å². The Morgan fingerprint density at radius 2 is 1.88 bits per heavy atom. The van der Waals surface area contributed by atoms with Crippen LogP contribution in [0.15, 0.2) is 23.1 Å². The Hall–Kier alpha value is -1.44. The molecule has 0 fully saturated rings. The summed E-state index contributed by atoms with van der Waals surface area (Å²) in [5.41, 5.74) is 7.66. The molecule has 0 saturated carbocycles. The molecule has 0 heterocycles. The molecule has 0 atom stereocenters. The van der Waals surface area contributed by atoms with Gasteiger partial charge in [-0.3, -0.25) is 4.79 Å². The molecule has 0 unspecified atom stereocenters. The van der Waals surface area contributed by atoms with Crippen LogP contribution in [-0.4, -0.2) is 33.0 Å². The number of rotatable bonds is 7. The predicted molar refractivity (Wildman–Crippen MR) is 94.2 cm³/mol. The first-order valence-electron chi connectivity index (χ1n) is 8.34. The lowest BCUT2D eigenvalue weighted by atomic mass is 9.92. The van der Waals surface area contributed by atoms with Crippen LogP contribution in [0.4, 0.5) is 0 Å². The summed E-state index contributed by atoms with van der Waals surface area (Å²) in [4.78, 5) is 12.0. The average Bonchev–Trinajstić information content (AvgIpc) is 2.51. The minimum atomic E-state index is -3.59. The van der Waals surface area contributed by atoms with E-state index in [0.717, 1.165) is 31.2 Å². The Labute approximate surface area is 144 Å². The Morgan fingerprint density at radius 3 is 2.54 bits per heavy atom. The molecule has 2 rings (SSSR count). The number of carbonyl (C=O) groups is 1. The van der Waals surface area contributed by atoms with Gasteiger partial charge in [-0.1, -0.05) is 6.07 Å². The zero-order chi connectivity index (χ0) is 17.8. The number of benzene rings is 1. The summed E-state index contributed by atoms with van der Waals surface area (Å²) in [6, 6.07) is 5.30. The van der Waals surface area contributed by atoms with Gasteiger partial charge in [0.05, 0.1) is 4.90 Å². The number of nitrogens with one attached hydrogen (secondary N) is 2. The van der Waals surface area contributed by atoms with Crippen LogP contribution in [0.25, 0.3) is 0 Å². The predicted octanol–water partition coefficient (Wildman–Crippen LogP) is 1.09. The van der Waals surface area contributed by atoms with Gasteiger partial charge in [-0.05, 0) is 62.8 Å². The van der Waals surface area contributed by atoms with E-state index < -0.39 is 15.6 Å². The van der Waals surface area contributed by atoms with Crippen molar-refractivity contribution in [2.75, 3.05) is 13.1 Å². The smallest absolute Gasteiger partial charge is 0.240 e. The van der Waals surface area contributed by atoms with E-state index in [1.165, 1.54) is 5.56 Å². The lowest BCUT2D eigenvalue weighted by Crippen LogP contribution is -2.45. The van der Waals surface area contributed by atoms with Crippen molar-refractivity contribution in [3.05, 3.63) is 29.3 Å². The minimum absolute atomic E-state index is 0.0657. The van der Waals surface area contributed by atoms with Crippen molar-refractivity contribution in [2.24, 2.45) is 5.73 Å². The summed E-state index contributed by atoms with van der Waals surface area (Å²) in [7, 11) is -3.59. The fourth-order valence-corrected chi connectivity index (χ4v) is 3.76. The van der Waals surface area contributed by atoms with E-state index in [9.17, 15) is 13.2 Å². The van der Waals surface area contributed by atoms with Gasteiger partial charge in [-0.25, -0.2) is 13.1 Å². The Morgan fingerprint density at radius 1 is 1.21 bits per heavy atom. The van der Waals surface area contributed by atoms with E-state index in [2.05, 4.69) is 10.0 Å². The van der Waals surface area contributed by atoms with E-state index in [1.54, 1.807) is 12.1 Å². The first-order valence-corrected chi connectivity index (χ1v) is 9.83. The highest BCUT2D eigenvalue weighted by atomic mass is 32.2. The molecule has 1 aliphatic rings. The van der Waals surface area contributed by atoms with Crippen molar-refractivity contribution < 1.29 is 13.2 Å². The third-order valence-corrected chi connectivity index (χ3v) is 5.47. The van der Waals surface area contributed by atoms with Crippen LogP contribution in [0.1, 0.15) is 44.2 Å². The number of aryl methyl sites for hydroxylation is 2. The molecule has 1 aliphatic carbocycles. The third kappa shape index (κ3) is 5.58. The van der Waals surface area contributed by atoms with Crippen LogP contribution in [0.3, 0.4) is 0 Å². The summed E-state index contributed by atoms with van der Waals surface area (Å²) < 4.78 is 27.2. The molecule has 4 N–H and O–H groups in total. The van der Waals surface area contributed by atoms with Crippen molar-refractivity contribution in [1.82, 2.24) is 10.0 Å². The van der Waals surface area contributed by atoms with Crippen molar-refractivity contribution in [2.45, 2.75) is 56.4 Å². The first kappa shape index (κ1) is 18.9. The van der Waals surface area contributed by atoms with Gasteiger partial charge < -0.3 is 11.1 Å². The van der Waals surface area contributed by atoms with Gasteiger partial charge in [0.25, 0.3) is 0 Å². The molecule has 7 heteroatoms. The highest BCUT2D eigenvalue weighted by molar-refractivity contribution is 7.89. The largest absolute Gasteiger partial charge is 0.354 e. The fourth-order valence-electron chi connectivity index (χ4n) is 2.67. The second-order valence-corrected chi connectivity index (χ2v) is 8.82. The molecule has 1 aromatic rings. The normalized spacial score (nSPS) is 15.0. The number of nitrogens with two attached hydrogens (primary N) is 1. The maximum absolute atomic E-state index is 12.4. The number of hydrogen-bond donors (Lipinski definition) is 3. The molecule has 1 aromatic carbocycles. The monoisotopic (exact) mass is 353 g/mol. The lowest BCUT2D eigenvalue weighted by Gasteiger charge is -2.19. The quantitative estimate of drug-likeness (QED) is 0.683. The molecule has 1 amide bonds. The summed E-state index contributed by atoms with van der Waals surface area (Å²) in [6.07, 6.45) is 4.28. The van der Waals surface area contributed by atoms with Crippen LogP contribution in [-0.2, 0) is 27.7 Å². The second kappa shape index (κ2) is 7.63. The van der Waals surface area contributed by atoms with E-state index >= 15 is 0 Å². The molecule has 134 valence electrons. The highest BCUT2D eigenvalue weighted by Crippen LogP contribution is 2.23. The summed E-state index contributed by atoms with van der Waals surface area (Å²) in [5.74, 6) is -0.221. The van der Waals surface area contributed by atoms with Crippen LogP contribution in [0.2, 0.25) is 0 Å². The summed E-state index contributed by atoms with van der Waals surface area (Å²) in [5, 5.41) is 2.69. The second-order valence-electron chi connectivity index (χ2n) is 7.05. The summed E-state index contributed by atoms with van der Waals surface area (Å²) >= 11 is 0. The van der Waals surface area contributed by atoms with Crippen LogP contribution >= 0.6 is 0 Å². The maximum atomic E-state index is 12.4. The molecule has 0 saturated heterocycles. The lowest BCUT2D eigenvalue weighted by molar-refractivity contribution is -0.121. The number of sulfonamides is 1. The van der Waals surface area contributed by atoms with E-state index in [4.69, 9.17) is 5.73 Å². The molecule has 6 nitrogen and oxygen atoms in total. The van der Waals surface area contributed by atoms with Crippen molar-refractivity contribution in [3.63, 3.8) is 0 Å². The highest BCUT2D eigenvalue weighted by Gasteiger charge is 2.18. The Kier molecular flexibility index (Phi) is 6.01. The zero-order valence-electron chi connectivity index (χ0n) is 14.4. The molecule has 0 aromatic heterocycles. The standard InChI is InChI=1S/C17H27N3O3S/c1-17(2,18)12-19-16(21)9-10-20-24(22,23)15-8-7-13-5-3-4-6-14(13)11-15/h7-8,11,20H,3-6,9-10,12,18H2,1-2H3,(H,19,21). The van der Waals surface area contributed by atoms with E-state index in [0.29, 0.717) is 6.54 Å². The topological polar surface area (TPSA) is 101 Å². The van der Waals surface area contributed by atoms with Gasteiger partial charge in [0.15, 0.2) is 0 Å². The van der Waals surface area contributed by atoms with Gasteiger partial charge >= 0.3 is 0 Å². The summed E-state index contributed by atoms with van der Waals surface area (Å²) in [6.45, 7) is 4.04. The van der Waals surface area contributed by atoms with Crippen LogP contribution in [0.5, 0.6) is 0 Å². The number of hydrogen-bond acceptors (Lipinski definition) is 4. The van der Waals surface area contributed by atoms with Crippen LogP contribution < -0.4 is 15.8 Å². The average molecular weight is 353 g/mol. The Bertz CT molecular complexity index is 694. The van der Waals surface area contributed by atoms with Crippen molar-refractivity contribution >= 4 is 15.9 Å². The minimum Gasteiger partial charge on any atom is -0.354 e. The molecule has 0 bridgehead atoms. The molecule has 0 aliphatic heterocycles. The number of carbonyl (C=O) groups excluding carboxylic acids is 1. The van der Waals surface area contributed by atoms with Gasteiger partial charge in [0.2, 0.25) is 15.9 Å². The first-order chi connectivity index (χ1) is 11.2. The SMILES string of the molecule is CC(C)(N)CNC(=O)CCNS(=O)(=O)c1ccc2c(c1)CCCC2. The Balaban J connectivity index is 1.89. The maximum Gasteiger partial charge on any atom is 0.240 e. The molecular weight excluding hydrogens is 326 g/mol. The van der Waals surface area contributed by atoms with E-state index in [1.807, 2.05) is 19.9 Å². The van der Waals surface area contributed by atoms with Gasteiger partial charge in [0.1, 0.15) is 0 Å². The molecular formula is C17H27N3O3S. The van der Waals surface area contributed by atoms with Crippen LogP contribution in [0, 0.1) is 0 Å². The fraction of sp³-hybridized carbons (Fsp3) is 0.588.